The number of anilines is 1. The van der Waals surface area contributed by atoms with Gasteiger partial charge in [0.05, 0.1) is 10.6 Å². The summed E-state index contributed by atoms with van der Waals surface area (Å²) in [4.78, 5) is 29.8. The number of carbonyl (C=O) groups is 2. The quantitative estimate of drug-likeness (QED) is 0.243. The van der Waals surface area contributed by atoms with Crippen LogP contribution in [0.2, 0.25) is 0 Å². The van der Waals surface area contributed by atoms with E-state index in [2.05, 4.69) is 5.32 Å². The minimum Gasteiger partial charge on any atom is -0.350 e. The number of benzene rings is 4. The van der Waals surface area contributed by atoms with Gasteiger partial charge in [0.25, 0.3) is 10.0 Å². The summed E-state index contributed by atoms with van der Waals surface area (Å²) in [5, 5.41) is 4.68. The molecule has 1 heterocycles. The predicted octanol–water partition coefficient (Wildman–Crippen LogP) is 5.99. The minimum atomic E-state index is -3.72. The molecule has 1 N–H and O–H groups in total. The monoisotopic (exact) mass is 597 g/mol. The minimum absolute atomic E-state index is 0.0955. The first kappa shape index (κ1) is 30.3. The van der Waals surface area contributed by atoms with E-state index < -0.39 is 21.6 Å². The van der Waals surface area contributed by atoms with Gasteiger partial charge in [0.2, 0.25) is 11.8 Å². The number of hydrogen-bond donors (Lipinski definition) is 1. The van der Waals surface area contributed by atoms with Crippen molar-refractivity contribution in [2.75, 3.05) is 10.8 Å². The Hall–Kier alpha value is -4.17. The molecule has 1 aliphatic heterocycles. The van der Waals surface area contributed by atoms with Gasteiger partial charge in [0, 0.05) is 36.9 Å². The number of aryl methyl sites for hydroxylation is 1. The number of amides is 2. The maximum absolute atomic E-state index is 14.1. The maximum Gasteiger partial charge on any atom is 0.265 e. The van der Waals surface area contributed by atoms with Crippen LogP contribution in [-0.2, 0) is 32.6 Å². The van der Waals surface area contributed by atoms with Crippen molar-refractivity contribution in [2.45, 2.75) is 70.0 Å². The number of rotatable bonds is 10. The molecule has 7 nitrogen and oxygen atoms in total. The zero-order valence-corrected chi connectivity index (χ0v) is 26.0. The fraction of sp³-hybridized carbons (Fsp3) is 0.314. The van der Waals surface area contributed by atoms with Gasteiger partial charge in [0.15, 0.2) is 0 Å². The average molecular weight is 598 g/mol. The first-order valence-electron chi connectivity index (χ1n) is 14.7. The van der Waals surface area contributed by atoms with Gasteiger partial charge in [-0.2, -0.15) is 0 Å². The number of nitrogens with zero attached hydrogens (tertiary/aromatic N) is 2. The second kappa shape index (κ2) is 12.2. The van der Waals surface area contributed by atoms with E-state index in [-0.39, 0.29) is 31.3 Å². The summed E-state index contributed by atoms with van der Waals surface area (Å²) in [5.74, 6) is -0.414. The molecule has 1 aliphatic rings. The molecule has 0 saturated heterocycles. The molecule has 0 radical (unpaired) electrons. The van der Waals surface area contributed by atoms with Crippen molar-refractivity contribution in [2.24, 2.45) is 0 Å². The normalized spacial score (nSPS) is 14.5. The molecule has 224 valence electrons. The fourth-order valence-electron chi connectivity index (χ4n) is 5.69. The van der Waals surface area contributed by atoms with Gasteiger partial charge in [0.1, 0.15) is 6.04 Å². The lowest BCUT2D eigenvalue weighted by atomic mass is 9.99. The molecule has 0 bridgehead atoms. The molecule has 8 heteroatoms. The van der Waals surface area contributed by atoms with E-state index in [1.165, 1.54) is 4.31 Å². The summed E-state index contributed by atoms with van der Waals surface area (Å²) in [7, 11) is -3.72. The summed E-state index contributed by atoms with van der Waals surface area (Å²) in [5.41, 5.74) is 3.10. The first-order chi connectivity index (χ1) is 20.5. The van der Waals surface area contributed by atoms with Crippen LogP contribution >= 0.6 is 0 Å². The Bertz CT molecular complexity index is 1740. The van der Waals surface area contributed by atoms with Crippen LogP contribution in [0.5, 0.6) is 0 Å². The second-order valence-corrected chi connectivity index (χ2v) is 14.0. The van der Waals surface area contributed by atoms with E-state index in [4.69, 9.17) is 0 Å². The molecule has 0 saturated carbocycles. The third kappa shape index (κ3) is 6.59. The largest absolute Gasteiger partial charge is 0.350 e. The Morgan fingerprint density at radius 2 is 1.56 bits per heavy atom. The molecule has 43 heavy (non-hydrogen) atoms. The molecular formula is C35H39N3O4S. The number of hydrogen-bond acceptors (Lipinski definition) is 4. The topological polar surface area (TPSA) is 86.8 Å². The van der Waals surface area contributed by atoms with Crippen LogP contribution in [0.15, 0.2) is 95.9 Å². The standard InChI is InChI=1S/C35H39N3O4S/c1-25-13-8-9-16-28(25)24-37(30(34(40)36-35(2,3)4)23-26-14-6-5-7-15-26)32(39)21-12-22-38-29-19-10-17-27-18-11-20-31(33(27)29)43(38,41)42/h5-11,13-20,30H,12,21-24H2,1-4H3,(H,36,40). The molecule has 2 amide bonds. The number of sulfonamides is 1. The van der Waals surface area contributed by atoms with Crippen LogP contribution in [0.4, 0.5) is 5.69 Å². The van der Waals surface area contributed by atoms with Crippen molar-refractivity contribution < 1.29 is 18.0 Å². The van der Waals surface area contributed by atoms with Crippen LogP contribution in [0.1, 0.15) is 50.3 Å². The van der Waals surface area contributed by atoms with Crippen LogP contribution in [0.3, 0.4) is 0 Å². The highest BCUT2D eigenvalue weighted by Crippen LogP contribution is 2.42. The average Bonchev–Trinajstić information content (AvgIpc) is 3.18. The van der Waals surface area contributed by atoms with Crippen molar-refractivity contribution >= 4 is 38.3 Å². The molecule has 0 spiro atoms. The lowest BCUT2D eigenvalue weighted by Gasteiger charge is -2.34. The number of nitrogens with one attached hydrogen (secondary N) is 1. The summed E-state index contributed by atoms with van der Waals surface area (Å²) in [6, 6.07) is 27.7. The Morgan fingerprint density at radius 3 is 2.26 bits per heavy atom. The van der Waals surface area contributed by atoms with Crippen molar-refractivity contribution in [1.82, 2.24) is 10.2 Å². The van der Waals surface area contributed by atoms with Crippen molar-refractivity contribution in [3.8, 4) is 0 Å². The van der Waals surface area contributed by atoms with Crippen molar-refractivity contribution in [1.29, 1.82) is 0 Å². The van der Waals surface area contributed by atoms with E-state index in [0.29, 0.717) is 23.4 Å². The van der Waals surface area contributed by atoms with Gasteiger partial charge in [-0.05, 0) is 68.3 Å². The third-order valence-corrected chi connectivity index (χ3v) is 9.66. The van der Waals surface area contributed by atoms with Gasteiger partial charge in [-0.25, -0.2) is 8.42 Å². The lowest BCUT2D eigenvalue weighted by molar-refractivity contribution is -0.142. The molecule has 0 fully saturated rings. The zero-order chi connectivity index (χ0) is 30.8. The summed E-state index contributed by atoms with van der Waals surface area (Å²) in [6.45, 7) is 8.20. The highest BCUT2D eigenvalue weighted by atomic mass is 32.2. The summed E-state index contributed by atoms with van der Waals surface area (Å²) in [6.07, 6.45) is 0.766. The fourth-order valence-corrected chi connectivity index (χ4v) is 7.44. The molecule has 4 aromatic carbocycles. The van der Waals surface area contributed by atoms with E-state index >= 15 is 0 Å². The highest BCUT2D eigenvalue weighted by Gasteiger charge is 2.36. The van der Waals surface area contributed by atoms with Crippen molar-refractivity contribution in [3.05, 3.63) is 108 Å². The van der Waals surface area contributed by atoms with Gasteiger partial charge >= 0.3 is 0 Å². The molecule has 1 atom stereocenters. The first-order valence-corrected chi connectivity index (χ1v) is 16.1. The van der Waals surface area contributed by atoms with Crippen LogP contribution in [0.25, 0.3) is 10.8 Å². The lowest BCUT2D eigenvalue weighted by Crippen LogP contribution is -2.54. The van der Waals surface area contributed by atoms with Crippen LogP contribution in [-0.4, -0.2) is 43.3 Å². The van der Waals surface area contributed by atoms with Gasteiger partial charge in [-0.15, -0.1) is 0 Å². The highest BCUT2D eigenvalue weighted by molar-refractivity contribution is 7.93. The van der Waals surface area contributed by atoms with E-state index in [1.54, 1.807) is 17.0 Å². The van der Waals surface area contributed by atoms with E-state index in [0.717, 1.165) is 27.5 Å². The second-order valence-electron chi connectivity index (χ2n) is 12.2. The molecule has 0 aliphatic carbocycles. The van der Waals surface area contributed by atoms with Gasteiger partial charge < -0.3 is 10.2 Å². The Kier molecular flexibility index (Phi) is 8.60. The van der Waals surface area contributed by atoms with Crippen LogP contribution < -0.4 is 9.62 Å². The maximum atomic E-state index is 14.1. The summed E-state index contributed by atoms with van der Waals surface area (Å²) >= 11 is 0. The molecular weight excluding hydrogens is 558 g/mol. The number of carbonyl (C=O) groups excluding carboxylic acids is 2. The molecule has 5 rings (SSSR count). The third-order valence-electron chi connectivity index (χ3n) is 7.80. The van der Waals surface area contributed by atoms with Crippen LogP contribution in [0, 0.1) is 6.92 Å². The Morgan fingerprint density at radius 1 is 0.884 bits per heavy atom. The predicted molar refractivity (Wildman–Crippen MR) is 171 cm³/mol. The van der Waals surface area contributed by atoms with Gasteiger partial charge in [-0.1, -0.05) is 78.9 Å². The zero-order valence-electron chi connectivity index (χ0n) is 25.2. The SMILES string of the molecule is Cc1ccccc1CN(C(=O)CCCN1c2cccc3cccc(c23)S1(=O)=O)C(Cc1ccccc1)C(=O)NC(C)(C)C. The van der Waals surface area contributed by atoms with Gasteiger partial charge in [-0.3, -0.25) is 13.9 Å². The molecule has 0 aromatic heterocycles. The van der Waals surface area contributed by atoms with E-state index in [9.17, 15) is 18.0 Å². The smallest absolute Gasteiger partial charge is 0.265 e. The van der Waals surface area contributed by atoms with E-state index in [1.807, 2.05) is 107 Å². The van der Waals surface area contributed by atoms with Crippen molar-refractivity contribution in [3.63, 3.8) is 0 Å². The Labute approximate surface area is 254 Å². The molecule has 4 aromatic rings. The Balaban J connectivity index is 1.41. The molecule has 1 unspecified atom stereocenters. The summed E-state index contributed by atoms with van der Waals surface area (Å²) < 4.78 is 28.3.